The quantitative estimate of drug-likeness (QED) is 0.542. The molecule has 3 aromatic rings. The van der Waals surface area contributed by atoms with Crippen molar-refractivity contribution in [2.75, 3.05) is 20.3 Å². The van der Waals surface area contributed by atoms with Gasteiger partial charge in [-0.25, -0.2) is 0 Å². The lowest BCUT2D eigenvalue weighted by atomic mass is 10.1. The van der Waals surface area contributed by atoms with Crippen LogP contribution in [0.4, 0.5) is 34.1 Å². The number of hydrogen-bond acceptors (Lipinski definition) is 8. The number of carbonyl (C=O) groups excluding carboxylic acids is 2. The minimum absolute atomic E-state index is 0.0727. The molecule has 0 fully saturated rings. The highest BCUT2D eigenvalue weighted by Crippen LogP contribution is 2.44. The molecule has 0 aromatic heterocycles. The average molecular weight is 436 g/mol. The number of benzene rings is 3. The standard InChI is InChI=1S/C22H20N4O6/c1-15(27)23(17-9-5-3-6-10-17)19-13-20(22(26(31)32)14-21(19)25(29)30)24(16(2)28)18-11-7-4-8-12-18/h3-14,29-30H,1-2H3/q-2. The number of para-hydroxylation sites is 2. The summed E-state index contributed by atoms with van der Waals surface area (Å²) in [5.41, 5.74) is -0.450. The molecular weight excluding hydrogens is 416 g/mol. The van der Waals surface area contributed by atoms with Crippen LogP contribution in [-0.4, -0.2) is 22.2 Å². The van der Waals surface area contributed by atoms with E-state index in [0.717, 1.165) is 15.9 Å². The van der Waals surface area contributed by atoms with Gasteiger partial charge in [0.25, 0.3) is 0 Å². The minimum Gasteiger partial charge on any atom is -0.769 e. The van der Waals surface area contributed by atoms with E-state index in [1.54, 1.807) is 60.7 Å². The van der Waals surface area contributed by atoms with Crippen molar-refractivity contribution in [1.82, 2.24) is 0 Å². The Morgan fingerprint density at radius 2 is 1.03 bits per heavy atom. The van der Waals surface area contributed by atoms with Crippen molar-refractivity contribution >= 4 is 45.9 Å². The Labute approximate surface area is 183 Å². The first kappa shape index (κ1) is 22.7. The molecule has 0 aliphatic heterocycles. The van der Waals surface area contributed by atoms with Gasteiger partial charge in [0.15, 0.2) is 0 Å². The Hall–Kier alpha value is -3.96. The van der Waals surface area contributed by atoms with Crippen LogP contribution in [0.5, 0.6) is 0 Å². The van der Waals surface area contributed by atoms with Gasteiger partial charge < -0.3 is 15.6 Å². The van der Waals surface area contributed by atoms with Gasteiger partial charge in [-0.3, -0.25) is 29.8 Å². The van der Waals surface area contributed by atoms with Crippen molar-refractivity contribution in [3.05, 3.63) is 83.2 Å². The number of nitrogens with zero attached hydrogens (tertiary/aromatic N) is 4. The third-order valence-electron chi connectivity index (χ3n) is 4.62. The van der Waals surface area contributed by atoms with Gasteiger partial charge in [-0.2, -0.15) is 0 Å². The van der Waals surface area contributed by atoms with E-state index in [1.165, 1.54) is 19.9 Å². The van der Waals surface area contributed by atoms with Crippen molar-refractivity contribution < 1.29 is 20.0 Å². The van der Waals surface area contributed by atoms with E-state index in [1.807, 2.05) is 0 Å². The second-order valence-electron chi connectivity index (χ2n) is 6.76. The van der Waals surface area contributed by atoms with Crippen LogP contribution < -0.4 is 20.3 Å². The van der Waals surface area contributed by atoms with Gasteiger partial charge in [-0.05, 0) is 36.4 Å². The van der Waals surface area contributed by atoms with Crippen LogP contribution >= 0.6 is 0 Å². The van der Waals surface area contributed by atoms with Crippen LogP contribution in [-0.2, 0) is 9.59 Å². The van der Waals surface area contributed by atoms with Gasteiger partial charge in [0.05, 0.1) is 11.4 Å². The number of amides is 2. The molecule has 0 aliphatic rings. The summed E-state index contributed by atoms with van der Waals surface area (Å²) in [4.78, 5) is 27.4. The normalized spacial score (nSPS) is 10.4. The van der Waals surface area contributed by atoms with E-state index in [0.29, 0.717) is 11.4 Å². The molecule has 0 radical (unpaired) electrons. The summed E-state index contributed by atoms with van der Waals surface area (Å²) in [6, 6.07) is 18.7. The summed E-state index contributed by atoms with van der Waals surface area (Å²) in [6.07, 6.45) is 0. The first-order chi connectivity index (χ1) is 15.2. The average Bonchev–Trinajstić information content (AvgIpc) is 2.74. The Bertz CT molecular complexity index is 1020. The number of anilines is 6. The van der Waals surface area contributed by atoms with Crippen molar-refractivity contribution in [3.8, 4) is 0 Å². The second kappa shape index (κ2) is 9.45. The van der Waals surface area contributed by atoms with E-state index < -0.39 is 28.4 Å². The molecule has 10 nitrogen and oxygen atoms in total. The molecule has 2 amide bonds. The fraction of sp³-hybridized carbons (Fsp3) is 0.0909. The highest BCUT2D eigenvalue weighted by molar-refractivity contribution is 6.08. The number of rotatable bonds is 6. The summed E-state index contributed by atoms with van der Waals surface area (Å²) in [5, 5.41) is 42.2. The molecule has 32 heavy (non-hydrogen) atoms. The summed E-state index contributed by atoms with van der Waals surface area (Å²) >= 11 is 0. The smallest absolute Gasteiger partial charge is 0.228 e. The summed E-state index contributed by atoms with van der Waals surface area (Å²) in [7, 11) is 0. The predicted octanol–water partition coefficient (Wildman–Crippen LogP) is 4.44. The van der Waals surface area contributed by atoms with E-state index in [-0.39, 0.29) is 16.6 Å². The molecule has 3 aromatic carbocycles. The molecule has 0 saturated heterocycles. The Morgan fingerprint density at radius 1 is 0.656 bits per heavy atom. The van der Waals surface area contributed by atoms with E-state index in [9.17, 15) is 30.4 Å². The van der Waals surface area contributed by atoms with Crippen molar-refractivity contribution in [3.63, 3.8) is 0 Å². The van der Waals surface area contributed by atoms with Gasteiger partial charge in [-0.15, -0.1) is 5.23 Å². The number of hydrogen-bond donors (Lipinski definition) is 2. The van der Waals surface area contributed by atoms with Gasteiger partial charge in [0.2, 0.25) is 11.8 Å². The molecule has 0 heterocycles. The third kappa shape index (κ3) is 4.53. The lowest BCUT2D eigenvalue weighted by Crippen LogP contribution is -2.28. The van der Waals surface area contributed by atoms with Crippen LogP contribution in [0.1, 0.15) is 13.8 Å². The zero-order valence-corrected chi connectivity index (χ0v) is 17.2. The zero-order valence-electron chi connectivity index (χ0n) is 17.2. The van der Waals surface area contributed by atoms with Gasteiger partial charge >= 0.3 is 0 Å². The van der Waals surface area contributed by atoms with Crippen molar-refractivity contribution in [2.45, 2.75) is 13.8 Å². The Balaban J connectivity index is 2.35. The largest absolute Gasteiger partial charge is 0.769 e. The molecule has 166 valence electrons. The van der Waals surface area contributed by atoms with Gasteiger partial charge in [0.1, 0.15) is 5.69 Å². The summed E-state index contributed by atoms with van der Waals surface area (Å²) in [5.74, 6) is -1.01. The maximum Gasteiger partial charge on any atom is 0.228 e. The highest BCUT2D eigenvalue weighted by atomic mass is 16.8. The van der Waals surface area contributed by atoms with Crippen molar-refractivity contribution in [1.29, 1.82) is 0 Å². The van der Waals surface area contributed by atoms with Crippen LogP contribution in [0.3, 0.4) is 0 Å². The summed E-state index contributed by atoms with van der Waals surface area (Å²) in [6.45, 7) is 2.51. The Kier molecular flexibility index (Phi) is 6.71. The predicted molar refractivity (Wildman–Crippen MR) is 120 cm³/mol. The second-order valence-corrected chi connectivity index (χ2v) is 6.76. The van der Waals surface area contributed by atoms with E-state index in [4.69, 9.17) is 0 Å². The first-order valence-electron chi connectivity index (χ1n) is 9.44. The molecule has 10 heteroatoms. The Morgan fingerprint density at radius 3 is 1.38 bits per heavy atom. The highest BCUT2D eigenvalue weighted by Gasteiger charge is 2.26. The maximum atomic E-state index is 12.6. The van der Waals surface area contributed by atoms with Crippen LogP contribution in [0.15, 0.2) is 72.8 Å². The molecule has 0 aliphatic carbocycles. The molecular formula is C22H20N4O6-2. The molecule has 0 atom stereocenters. The minimum atomic E-state index is -0.744. The van der Waals surface area contributed by atoms with Crippen LogP contribution in [0.25, 0.3) is 0 Å². The molecule has 0 saturated carbocycles. The van der Waals surface area contributed by atoms with Gasteiger partial charge in [0, 0.05) is 30.9 Å². The molecule has 0 spiro atoms. The lowest BCUT2D eigenvalue weighted by Gasteiger charge is -2.41. The zero-order chi connectivity index (χ0) is 23.4. The SMILES string of the molecule is CC(=O)N(c1ccccc1)c1cc(N(C(C)=O)c2ccccc2)c(N(O)O)cc1N([O-])[O-]. The fourth-order valence-corrected chi connectivity index (χ4v) is 3.35. The number of carbonyl (C=O) groups is 2. The van der Waals surface area contributed by atoms with Gasteiger partial charge in [-0.1, -0.05) is 36.4 Å². The van der Waals surface area contributed by atoms with Crippen LogP contribution in [0.2, 0.25) is 0 Å². The van der Waals surface area contributed by atoms with E-state index in [2.05, 4.69) is 0 Å². The third-order valence-corrected chi connectivity index (χ3v) is 4.62. The maximum absolute atomic E-state index is 12.6. The molecule has 2 N–H and O–H groups in total. The summed E-state index contributed by atoms with van der Waals surface area (Å²) < 4.78 is 0. The molecule has 0 bridgehead atoms. The monoisotopic (exact) mass is 436 g/mol. The molecule has 0 unspecified atom stereocenters. The van der Waals surface area contributed by atoms with E-state index >= 15 is 0 Å². The lowest BCUT2D eigenvalue weighted by molar-refractivity contribution is -0.116. The first-order valence-corrected chi connectivity index (χ1v) is 9.44. The van der Waals surface area contributed by atoms with Crippen LogP contribution in [0, 0.1) is 10.4 Å². The molecule has 3 rings (SSSR count). The topological polar surface area (TPSA) is 134 Å². The fourth-order valence-electron chi connectivity index (χ4n) is 3.35. The van der Waals surface area contributed by atoms with Crippen molar-refractivity contribution in [2.24, 2.45) is 0 Å².